The van der Waals surface area contributed by atoms with Crippen molar-refractivity contribution in [2.45, 2.75) is 33.4 Å². The zero-order valence-electron chi connectivity index (χ0n) is 17.0. The van der Waals surface area contributed by atoms with E-state index in [1.807, 2.05) is 50.5 Å². The van der Waals surface area contributed by atoms with E-state index in [-0.39, 0.29) is 5.82 Å². The summed E-state index contributed by atoms with van der Waals surface area (Å²) < 4.78 is 15.4. The van der Waals surface area contributed by atoms with E-state index in [1.165, 1.54) is 11.6 Å². The van der Waals surface area contributed by atoms with Gasteiger partial charge in [-0.15, -0.1) is 0 Å². The molecule has 1 aromatic heterocycles. The average molecular weight is 394 g/mol. The Balaban J connectivity index is 1.59. The monoisotopic (exact) mass is 393 g/mol. The van der Waals surface area contributed by atoms with Crippen molar-refractivity contribution in [2.24, 2.45) is 4.99 Å². The molecule has 0 saturated carbocycles. The van der Waals surface area contributed by atoms with Crippen molar-refractivity contribution < 1.29 is 4.39 Å². The van der Waals surface area contributed by atoms with E-state index in [4.69, 9.17) is 0 Å². The third-order valence-electron chi connectivity index (χ3n) is 4.71. The number of halogens is 1. The highest BCUT2D eigenvalue weighted by atomic mass is 19.1. The number of aliphatic imine (C=N–C) groups is 1. The van der Waals surface area contributed by atoms with Gasteiger partial charge in [-0.25, -0.2) is 14.4 Å². The number of nitrogens with one attached hydrogen (secondary N) is 2. The first-order valence-electron chi connectivity index (χ1n) is 9.97. The first kappa shape index (κ1) is 20.6. The molecule has 0 aliphatic carbocycles. The van der Waals surface area contributed by atoms with Gasteiger partial charge in [0.1, 0.15) is 18.2 Å². The SMILES string of the molecule is CCNC(=NCc1nccn1Cc1ccccc1)NCCc1ccc(F)cc1C. The number of imidazole rings is 1. The predicted octanol–water partition coefficient (Wildman–Crippen LogP) is 3.68. The molecule has 0 amide bonds. The predicted molar refractivity (Wildman–Crippen MR) is 115 cm³/mol. The molecule has 0 unspecified atom stereocenters. The van der Waals surface area contributed by atoms with Gasteiger partial charge in [0.05, 0.1) is 0 Å². The van der Waals surface area contributed by atoms with Gasteiger partial charge in [0.15, 0.2) is 5.96 Å². The Labute approximate surface area is 171 Å². The zero-order valence-corrected chi connectivity index (χ0v) is 17.0. The van der Waals surface area contributed by atoms with Gasteiger partial charge in [-0.05, 0) is 49.1 Å². The van der Waals surface area contributed by atoms with Crippen LogP contribution in [0.15, 0.2) is 65.9 Å². The fourth-order valence-corrected chi connectivity index (χ4v) is 3.16. The Hall–Kier alpha value is -3.15. The molecule has 0 saturated heterocycles. The summed E-state index contributed by atoms with van der Waals surface area (Å²) in [5, 5.41) is 6.62. The Bertz CT molecular complexity index is 933. The fraction of sp³-hybridized carbons (Fsp3) is 0.304. The number of guanidine groups is 1. The van der Waals surface area contributed by atoms with E-state index >= 15 is 0 Å². The normalized spacial score (nSPS) is 11.5. The van der Waals surface area contributed by atoms with Crippen LogP contribution in [-0.4, -0.2) is 28.6 Å². The van der Waals surface area contributed by atoms with Crippen LogP contribution in [0, 0.1) is 12.7 Å². The second kappa shape index (κ2) is 10.4. The van der Waals surface area contributed by atoms with Gasteiger partial charge in [-0.1, -0.05) is 36.4 Å². The van der Waals surface area contributed by atoms with Crippen molar-refractivity contribution in [3.63, 3.8) is 0 Å². The van der Waals surface area contributed by atoms with Gasteiger partial charge in [0.25, 0.3) is 0 Å². The molecule has 0 bridgehead atoms. The Morgan fingerprint density at radius 3 is 2.72 bits per heavy atom. The minimum Gasteiger partial charge on any atom is -0.357 e. The van der Waals surface area contributed by atoms with E-state index in [9.17, 15) is 4.39 Å². The number of nitrogens with zero attached hydrogens (tertiary/aromatic N) is 3. The highest BCUT2D eigenvalue weighted by Gasteiger charge is 2.05. The maximum absolute atomic E-state index is 13.3. The lowest BCUT2D eigenvalue weighted by Gasteiger charge is -2.13. The lowest BCUT2D eigenvalue weighted by atomic mass is 10.1. The summed E-state index contributed by atoms with van der Waals surface area (Å²) in [6.07, 6.45) is 4.60. The van der Waals surface area contributed by atoms with Crippen LogP contribution in [0.2, 0.25) is 0 Å². The average Bonchev–Trinajstić information content (AvgIpc) is 3.15. The summed E-state index contributed by atoms with van der Waals surface area (Å²) in [5.41, 5.74) is 3.33. The molecule has 0 fully saturated rings. The maximum Gasteiger partial charge on any atom is 0.191 e. The van der Waals surface area contributed by atoms with E-state index in [1.54, 1.807) is 6.07 Å². The van der Waals surface area contributed by atoms with Crippen LogP contribution < -0.4 is 10.6 Å². The van der Waals surface area contributed by atoms with E-state index in [0.29, 0.717) is 6.54 Å². The number of hydrogen-bond donors (Lipinski definition) is 2. The van der Waals surface area contributed by atoms with Gasteiger partial charge in [0.2, 0.25) is 0 Å². The van der Waals surface area contributed by atoms with Crippen LogP contribution in [0.4, 0.5) is 4.39 Å². The van der Waals surface area contributed by atoms with E-state index in [2.05, 4.69) is 37.3 Å². The minimum absolute atomic E-state index is 0.194. The molecule has 0 radical (unpaired) electrons. The van der Waals surface area contributed by atoms with Gasteiger partial charge in [0, 0.05) is 32.0 Å². The molecule has 6 heteroatoms. The number of hydrogen-bond acceptors (Lipinski definition) is 2. The summed E-state index contributed by atoms with van der Waals surface area (Å²) in [4.78, 5) is 9.13. The largest absolute Gasteiger partial charge is 0.357 e. The maximum atomic E-state index is 13.3. The molecule has 0 atom stereocenters. The number of benzene rings is 2. The van der Waals surface area contributed by atoms with Gasteiger partial charge >= 0.3 is 0 Å². The van der Waals surface area contributed by atoms with Crippen molar-refractivity contribution in [1.82, 2.24) is 20.2 Å². The van der Waals surface area contributed by atoms with Crippen LogP contribution in [0.5, 0.6) is 0 Å². The fourth-order valence-electron chi connectivity index (χ4n) is 3.16. The van der Waals surface area contributed by atoms with Gasteiger partial charge in [-0.2, -0.15) is 0 Å². The molecule has 3 rings (SSSR count). The number of aromatic nitrogens is 2. The summed E-state index contributed by atoms with van der Waals surface area (Å²) in [6, 6.07) is 15.2. The Kier molecular flexibility index (Phi) is 7.39. The highest BCUT2D eigenvalue weighted by molar-refractivity contribution is 5.79. The molecule has 0 spiro atoms. The van der Waals surface area contributed by atoms with Crippen molar-refractivity contribution in [3.05, 3.63) is 89.3 Å². The lowest BCUT2D eigenvalue weighted by molar-refractivity contribution is 0.625. The van der Waals surface area contributed by atoms with E-state index < -0.39 is 0 Å². The molecule has 152 valence electrons. The molecule has 2 aromatic carbocycles. The quantitative estimate of drug-likeness (QED) is 0.453. The van der Waals surface area contributed by atoms with Gasteiger partial charge < -0.3 is 15.2 Å². The first-order valence-corrected chi connectivity index (χ1v) is 9.97. The summed E-state index contributed by atoms with van der Waals surface area (Å²) in [5.74, 6) is 1.47. The smallest absolute Gasteiger partial charge is 0.191 e. The molecular formula is C23H28FN5. The zero-order chi connectivity index (χ0) is 20.5. The summed E-state index contributed by atoms with van der Waals surface area (Å²) in [7, 11) is 0. The first-order chi connectivity index (χ1) is 14.2. The third kappa shape index (κ3) is 6.17. The topological polar surface area (TPSA) is 54.2 Å². The second-order valence-electron chi connectivity index (χ2n) is 6.90. The van der Waals surface area contributed by atoms with Crippen molar-refractivity contribution in [3.8, 4) is 0 Å². The molecular weight excluding hydrogens is 365 g/mol. The van der Waals surface area contributed by atoms with Gasteiger partial charge in [-0.3, -0.25) is 0 Å². The van der Waals surface area contributed by atoms with Crippen LogP contribution in [0.1, 0.15) is 29.4 Å². The van der Waals surface area contributed by atoms with Crippen LogP contribution in [0.25, 0.3) is 0 Å². The summed E-state index contributed by atoms with van der Waals surface area (Å²) >= 11 is 0. The molecule has 1 heterocycles. The number of aryl methyl sites for hydroxylation is 1. The Morgan fingerprint density at radius 2 is 1.97 bits per heavy atom. The molecule has 2 N–H and O–H groups in total. The summed E-state index contributed by atoms with van der Waals surface area (Å²) in [6.45, 7) is 6.74. The van der Waals surface area contributed by atoms with Crippen LogP contribution >= 0.6 is 0 Å². The van der Waals surface area contributed by atoms with Crippen LogP contribution in [0.3, 0.4) is 0 Å². The molecule has 29 heavy (non-hydrogen) atoms. The molecule has 3 aromatic rings. The van der Waals surface area contributed by atoms with Crippen LogP contribution in [-0.2, 0) is 19.5 Å². The minimum atomic E-state index is -0.194. The number of rotatable bonds is 8. The van der Waals surface area contributed by atoms with Crippen molar-refractivity contribution in [1.29, 1.82) is 0 Å². The molecule has 5 nitrogen and oxygen atoms in total. The van der Waals surface area contributed by atoms with Crippen molar-refractivity contribution in [2.75, 3.05) is 13.1 Å². The second-order valence-corrected chi connectivity index (χ2v) is 6.90. The lowest BCUT2D eigenvalue weighted by Crippen LogP contribution is -2.38. The Morgan fingerprint density at radius 1 is 1.14 bits per heavy atom. The van der Waals surface area contributed by atoms with Crippen molar-refractivity contribution >= 4 is 5.96 Å². The third-order valence-corrected chi connectivity index (χ3v) is 4.71. The standard InChI is InChI=1S/C23H28FN5/c1-3-25-23(27-12-11-20-9-10-21(24)15-18(20)2)28-16-22-26-13-14-29(22)17-19-7-5-4-6-8-19/h4-10,13-15H,3,11-12,16-17H2,1-2H3,(H2,25,27,28). The van der Waals surface area contributed by atoms with E-state index in [0.717, 1.165) is 49.0 Å². The molecule has 0 aliphatic rings. The highest BCUT2D eigenvalue weighted by Crippen LogP contribution is 2.10. The molecule has 0 aliphatic heterocycles.